The van der Waals surface area contributed by atoms with Crippen LogP contribution < -0.4 is 4.90 Å². The van der Waals surface area contributed by atoms with Crippen LogP contribution in [0.25, 0.3) is 0 Å². The van der Waals surface area contributed by atoms with Gasteiger partial charge in [-0.15, -0.1) is 0 Å². The molecular formula is C13H13ClN2O2. The molecule has 0 saturated carbocycles. The lowest BCUT2D eigenvalue weighted by Crippen LogP contribution is -2.39. The summed E-state index contributed by atoms with van der Waals surface area (Å²) in [5.74, 6) is -0.146. The van der Waals surface area contributed by atoms with Crippen LogP contribution in [0.3, 0.4) is 0 Å². The van der Waals surface area contributed by atoms with Crippen LogP contribution in [-0.2, 0) is 4.79 Å². The highest BCUT2D eigenvalue weighted by Crippen LogP contribution is 2.34. The molecule has 0 radical (unpaired) electrons. The smallest absolute Gasteiger partial charge is 0.312 e. The summed E-state index contributed by atoms with van der Waals surface area (Å²) in [6, 6.07) is 6.43. The van der Waals surface area contributed by atoms with Crippen molar-refractivity contribution in [3.63, 3.8) is 0 Å². The summed E-state index contributed by atoms with van der Waals surface area (Å²) in [6.07, 6.45) is 2.72. The average molecular weight is 265 g/mol. The van der Waals surface area contributed by atoms with E-state index in [1.807, 2.05) is 0 Å². The molecule has 1 aromatic carbocycles. The number of anilines is 1. The molecule has 2 aliphatic rings. The topological polar surface area (TPSA) is 40.6 Å². The van der Waals surface area contributed by atoms with E-state index in [1.54, 1.807) is 29.2 Å². The van der Waals surface area contributed by atoms with E-state index >= 15 is 0 Å². The fourth-order valence-corrected chi connectivity index (χ4v) is 2.86. The lowest BCUT2D eigenvalue weighted by molar-refractivity contribution is -0.120. The lowest BCUT2D eigenvalue weighted by atomic mass is 10.0. The molecule has 3 rings (SSSR count). The van der Waals surface area contributed by atoms with Crippen LogP contribution in [0.1, 0.15) is 19.3 Å². The molecule has 94 valence electrons. The Morgan fingerprint density at radius 1 is 1.17 bits per heavy atom. The molecule has 0 aliphatic carbocycles. The second-order valence-corrected chi connectivity index (χ2v) is 5.02. The molecule has 18 heavy (non-hydrogen) atoms. The third-order valence-electron chi connectivity index (χ3n) is 3.54. The third-order valence-corrected chi connectivity index (χ3v) is 3.86. The van der Waals surface area contributed by atoms with Gasteiger partial charge in [0.2, 0.25) is 0 Å². The van der Waals surface area contributed by atoms with Crippen molar-refractivity contribution >= 4 is 29.2 Å². The number of amides is 3. The van der Waals surface area contributed by atoms with Crippen LogP contribution in [0.5, 0.6) is 0 Å². The van der Waals surface area contributed by atoms with E-state index in [0.29, 0.717) is 17.3 Å². The van der Waals surface area contributed by atoms with E-state index in [4.69, 9.17) is 11.6 Å². The van der Waals surface area contributed by atoms with E-state index in [0.717, 1.165) is 19.3 Å². The number of hydrogen-bond donors (Lipinski definition) is 0. The van der Waals surface area contributed by atoms with Crippen molar-refractivity contribution in [2.75, 3.05) is 11.4 Å². The van der Waals surface area contributed by atoms with Crippen LogP contribution in [0, 0.1) is 0 Å². The van der Waals surface area contributed by atoms with Gasteiger partial charge in [0, 0.05) is 6.54 Å². The highest BCUT2D eigenvalue weighted by molar-refractivity contribution is 6.35. The molecule has 0 bridgehead atoms. The molecular weight excluding hydrogens is 252 g/mol. The first-order chi connectivity index (χ1) is 8.70. The zero-order valence-electron chi connectivity index (χ0n) is 9.80. The zero-order valence-corrected chi connectivity index (χ0v) is 10.6. The monoisotopic (exact) mass is 264 g/mol. The van der Waals surface area contributed by atoms with E-state index in [1.165, 1.54) is 4.90 Å². The standard InChI is InChI=1S/C13H13ClN2O2/c14-9-5-1-2-6-10(9)16-12(17)11-7-3-4-8-15(11)13(16)18/h1-2,5-6,11H,3-4,7-8H2. The highest BCUT2D eigenvalue weighted by atomic mass is 35.5. The van der Waals surface area contributed by atoms with Crippen LogP contribution in [-0.4, -0.2) is 29.4 Å². The van der Waals surface area contributed by atoms with Crippen LogP contribution in [0.15, 0.2) is 24.3 Å². The molecule has 0 N–H and O–H groups in total. The number of urea groups is 1. The van der Waals surface area contributed by atoms with Gasteiger partial charge in [-0.3, -0.25) is 4.79 Å². The summed E-state index contributed by atoms with van der Waals surface area (Å²) < 4.78 is 0. The second kappa shape index (κ2) is 4.28. The fourth-order valence-electron chi connectivity index (χ4n) is 2.64. The molecule has 3 amide bonds. The highest BCUT2D eigenvalue weighted by Gasteiger charge is 2.46. The first kappa shape index (κ1) is 11.5. The molecule has 1 unspecified atom stereocenters. The van der Waals surface area contributed by atoms with Crippen molar-refractivity contribution in [3.8, 4) is 0 Å². The summed E-state index contributed by atoms with van der Waals surface area (Å²) in [5.41, 5.74) is 0.489. The molecule has 2 fully saturated rings. The van der Waals surface area contributed by atoms with Crippen molar-refractivity contribution < 1.29 is 9.59 Å². The summed E-state index contributed by atoms with van der Waals surface area (Å²) in [4.78, 5) is 27.5. The molecule has 0 aromatic heterocycles. The van der Waals surface area contributed by atoms with Gasteiger partial charge in [-0.05, 0) is 31.4 Å². The van der Waals surface area contributed by atoms with Crippen molar-refractivity contribution in [3.05, 3.63) is 29.3 Å². The minimum absolute atomic E-state index is 0.146. The van der Waals surface area contributed by atoms with Crippen LogP contribution in [0.2, 0.25) is 5.02 Å². The number of halogens is 1. The summed E-state index contributed by atoms with van der Waals surface area (Å²) >= 11 is 6.07. The Bertz CT molecular complexity index is 493. The summed E-state index contributed by atoms with van der Waals surface area (Å²) in [5, 5.41) is 0.430. The number of nitrogens with zero attached hydrogens (tertiary/aromatic N) is 2. The fraction of sp³-hybridized carbons (Fsp3) is 0.385. The predicted octanol–water partition coefficient (Wildman–Crippen LogP) is 2.66. The molecule has 1 atom stereocenters. The number of carbonyl (C=O) groups excluding carboxylic acids is 2. The van der Waals surface area contributed by atoms with Gasteiger partial charge in [-0.1, -0.05) is 23.7 Å². The normalized spacial score (nSPS) is 23.5. The molecule has 2 saturated heterocycles. The van der Waals surface area contributed by atoms with Gasteiger partial charge >= 0.3 is 6.03 Å². The van der Waals surface area contributed by atoms with Gasteiger partial charge in [-0.2, -0.15) is 0 Å². The Labute approximate surface area is 110 Å². The van der Waals surface area contributed by atoms with Crippen LogP contribution >= 0.6 is 11.6 Å². The number of hydrogen-bond acceptors (Lipinski definition) is 2. The number of benzene rings is 1. The lowest BCUT2D eigenvalue weighted by Gasteiger charge is -2.25. The number of carbonyl (C=O) groups is 2. The second-order valence-electron chi connectivity index (χ2n) is 4.61. The van der Waals surface area contributed by atoms with Gasteiger partial charge in [0.25, 0.3) is 5.91 Å². The van der Waals surface area contributed by atoms with Gasteiger partial charge in [0.05, 0.1) is 10.7 Å². The van der Waals surface area contributed by atoms with Crippen molar-refractivity contribution in [2.45, 2.75) is 25.3 Å². The number of para-hydroxylation sites is 1. The molecule has 2 heterocycles. The Morgan fingerprint density at radius 3 is 2.67 bits per heavy atom. The van der Waals surface area contributed by atoms with E-state index < -0.39 is 0 Å². The van der Waals surface area contributed by atoms with Crippen LogP contribution in [0.4, 0.5) is 10.5 Å². The minimum atomic E-state index is -0.289. The van der Waals surface area contributed by atoms with E-state index in [2.05, 4.69) is 0 Å². The molecule has 5 heteroatoms. The first-order valence-electron chi connectivity index (χ1n) is 6.09. The number of fused-ring (bicyclic) bond motifs is 1. The molecule has 1 aromatic rings. The van der Waals surface area contributed by atoms with Crippen molar-refractivity contribution in [2.24, 2.45) is 0 Å². The largest absolute Gasteiger partial charge is 0.332 e. The maximum Gasteiger partial charge on any atom is 0.332 e. The van der Waals surface area contributed by atoms with Gasteiger partial charge in [0.15, 0.2) is 0 Å². The number of piperidine rings is 1. The summed E-state index contributed by atoms with van der Waals surface area (Å²) in [6.45, 7) is 0.663. The van der Waals surface area contributed by atoms with Crippen molar-refractivity contribution in [1.82, 2.24) is 4.90 Å². The van der Waals surface area contributed by atoms with E-state index in [-0.39, 0.29) is 18.0 Å². The van der Waals surface area contributed by atoms with E-state index in [9.17, 15) is 9.59 Å². The Morgan fingerprint density at radius 2 is 1.94 bits per heavy atom. The third kappa shape index (κ3) is 1.60. The Kier molecular flexibility index (Phi) is 2.74. The maximum absolute atomic E-state index is 12.3. The molecule has 2 aliphatic heterocycles. The maximum atomic E-state index is 12.3. The predicted molar refractivity (Wildman–Crippen MR) is 68.7 cm³/mol. The minimum Gasteiger partial charge on any atom is -0.312 e. The average Bonchev–Trinajstić information content (AvgIpc) is 2.64. The first-order valence-corrected chi connectivity index (χ1v) is 6.47. The zero-order chi connectivity index (χ0) is 12.7. The summed E-state index contributed by atoms with van der Waals surface area (Å²) in [7, 11) is 0. The van der Waals surface area contributed by atoms with Gasteiger partial charge in [0.1, 0.15) is 6.04 Å². The molecule has 0 spiro atoms. The van der Waals surface area contributed by atoms with Gasteiger partial charge < -0.3 is 4.90 Å². The number of rotatable bonds is 1. The Hall–Kier alpha value is -1.55. The van der Waals surface area contributed by atoms with Crippen molar-refractivity contribution in [1.29, 1.82) is 0 Å². The quantitative estimate of drug-likeness (QED) is 0.732. The molecule has 4 nitrogen and oxygen atoms in total. The SMILES string of the molecule is O=C1C2CCCCN2C(=O)N1c1ccccc1Cl. The number of imide groups is 1. The van der Waals surface area contributed by atoms with Gasteiger partial charge in [-0.25, -0.2) is 9.69 Å². The Balaban J connectivity index is 2.00.